The molecule has 4 heterocycles. The number of nitrogens with zero attached hydrogens (tertiary/aromatic N) is 7. The Hall–Kier alpha value is -2.83. The quantitative estimate of drug-likeness (QED) is 0.0716. The Morgan fingerprint density at radius 3 is 2.51 bits per heavy atom. The minimum absolute atomic E-state index is 0.0242. The molecule has 0 aliphatic carbocycles. The molecule has 4 aromatic rings. The average Bonchev–Trinajstić information content (AvgIpc) is 3.73. The molecule has 0 bridgehead atoms. The first kappa shape index (κ1) is 43.3. The summed E-state index contributed by atoms with van der Waals surface area (Å²) >= 11 is 2.35. The van der Waals surface area contributed by atoms with Crippen LogP contribution in [0.5, 0.6) is 11.8 Å². The van der Waals surface area contributed by atoms with E-state index in [-0.39, 0.29) is 30.1 Å². The van der Waals surface area contributed by atoms with E-state index in [1.54, 1.807) is 22.5 Å². The summed E-state index contributed by atoms with van der Waals surface area (Å²) in [4.78, 5) is 2.33. The fourth-order valence-corrected chi connectivity index (χ4v) is 9.06. The number of fused-ring (bicyclic) bond motifs is 1. The molecule has 0 saturated carbocycles. The fraction of sp³-hybridized carbons (Fsp3) is 0.625. The highest BCUT2D eigenvalue weighted by molar-refractivity contribution is 14.1. The predicted molar refractivity (Wildman–Crippen MR) is 226 cm³/mol. The molecule has 12 nitrogen and oxygen atoms in total. The van der Waals surface area contributed by atoms with Crippen molar-refractivity contribution in [2.75, 3.05) is 33.4 Å². The Morgan fingerprint density at radius 1 is 1.15 bits per heavy atom. The highest BCUT2D eigenvalue weighted by Crippen LogP contribution is 2.40. The lowest BCUT2D eigenvalue weighted by atomic mass is 10.0. The first-order valence-electron chi connectivity index (χ1n) is 19.5. The zero-order valence-corrected chi connectivity index (χ0v) is 37.8. The highest BCUT2D eigenvalue weighted by Gasteiger charge is 2.39. The smallest absolute Gasteiger partial charge is 0.246 e. The van der Waals surface area contributed by atoms with Crippen LogP contribution >= 0.6 is 22.6 Å². The molecule has 1 aliphatic heterocycles. The maximum absolute atomic E-state index is 16.4. The zero-order valence-electron chi connectivity index (χ0n) is 34.7. The van der Waals surface area contributed by atoms with Crippen molar-refractivity contribution in [2.45, 2.75) is 124 Å². The first-order chi connectivity index (χ1) is 26.0. The van der Waals surface area contributed by atoms with Crippen molar-refractivity contribution in [3.05, 3.63) is 45.2 Å². The largest absolute Gasteiger partial charge is 0.476 e. The van der Waals surface area contributed by atoms with Gasteiger partial charge in [0.2, 0.25) is 11.8 Å². The normalized spacial score (nSPS) is 16.6. The molecule has 1 aliphatic rings. The van der Waals surface area contributed by atoms with Crippen LogP contribution in [0.15, 0.2) is 18.7 Å². The second-order valence-electron chi connectivity index (χ2n) is 16.0. The van der Waals surface area contributed by atoms with Crippen molar-refractivity contribution in [3.63, 3.8) is 0 Å². The number of rotatable bonds is 18. The SMILES string of the molecule is C=Cc1nn(C2CCCCO2)c2cc(F)c(-c3c(COC)nn(C)c3O[C@@H](C)CN(CC)Cc3c(I)c(OCC)nn3C[C@H](C)O[Si](C)(C)C(C)(C)C)cc12. The van der Waals surface area contributed by atoms with Crippen LogP contribution in [-0.2, 0) is 40.6 Å². The van der Waals surface area contributed by atoms with E-state index in [1.807, 2.05) is 31.6 Å². The Kier molecular flexibility index (Phi) is 14.3. The number of halogens is 2. The molecule has 304 valence electrons. The lowest BCUT2D eigenvalue weighted by Crippen LogP contribution is -2.44. The summed E-state index contributed by atoms with van der Waals surface area (Å²) in [6.45, 7) is 27.6. The molecule has 3 atom stereocenters. The van der Waals surface area contributed by atoms with E-state index < -0.39 is 14.1 Å². The van der Waals surface area contributed by atoms with E-state index in [2.05, 4.69) is 81.8 Å². The Bertz CT molecular complexity index is 1930. The van der Waals surface area contributed by atoms with Gasteiger partial charge in [-0.3, -0.25) is 9.58 Å². The van der Waals surface area contributed by atoms with Crippen molar-refractivity contribution in [1.29, 1.82) is 0 Å². The molecule has 15 heteroatoms. The van der Waals surface area contributed by atoms with Crippen molar-refractivity contribution >= 4 is 47.9 Å². The van der Waals surface area contributed by atoms with E-state index in [4.69, 9.17) is 38.7 Å². The third kappa shape index (κ3) is 9.66. The molecule has 0 spiro atoms. The Morgan fingerprint density at radius 2 is 1.89 bits per heavy atom. The number of hydrogen-bond acceptors (Lipinski definition) is 9. The molecule has 1 fully saturated rings. The van der Waals surface area contributed by atoms with Crippen LogP contribution in [0.1, 0.15) is 91.0 Å². The van der Waals surface area contributed by atoms with Crippen molar-refractivity contribution in [3.8, 4) is 22.9 Å². The minimum Gasteiger partial charge on any atom is -0.476 e. The maximum Gasteiger partial charge on any atom is 0.246 e. The number of hydrogen-bond donors (Lipinski definition) is 0. The highest BCUT2D eigenvalue weighted by atomic mass is 127. The summed E-state index contributed by atoms with van der Waals surface area (Å²) in [7, 11) is 1.44. The van der Waals surface area contributed by atoms with Gasteiger partial charge in [-0.1, -0.05) is 34.3 Å². The maximum atomic E-state index is 16.4. The van der Waals surface area contributed by atoms with Gasteiger partial charge in [0, 0.05) is 50.9 Å². The van der Waals surface area contributed by atoms with Crippen LogP contribution in [0, 0.1) is 9.39 Å². The van der Waals surface area contributed by atoms with E-state index in [1.165, 1.54) is 6.07 Å². The summed E-state index contributed by atoms with van der Waals surface area (Å²) in [5.41, 5.74) is 3.90. The summed E-state index contributed by atoms with van der Waals surface area (Å²) in [6, 6.07) is 3.37. The number of aromatic nitrogens is 6. The van der Waals surface area contributed by atoms with Gasteiger partial charge in [-0.15, -0.1) is 5.10 Å². The van der Waals surface area contributed by atoms with Gasteiger partial charge in [0.1, 0.15) is 17.6 Å². The standard InChI is InChI=1S/C40H61FIN7O5Si/c1-13-31-29-20-28(30(41)21-33(29)49(44-31)35-18-16-17-19-52-35)36-32(25-50-10)43-46(9)39(36)53-26(4)22-47(14-2)24-34-37(42)38(51-15-3)45-48(34)23-27(5)54-55(11,12)40(6,7)8/h13,20-21,26-27,35H,1,14-19,22-25H2,2-12H3/t26-,27-,35?/m0/s1. The molecule has 55 heavy (non-hydrogen) atoms. The Labute approximate surface area is 340 Å². The summed E-state index contributed by atoms with van der Waals surface area (Å²) in [6.07, 6.45) is 4.01. The van der Waals surface area contributed by atoms with Crippen molar-refractivity contribution in [2.24, 2.45) is 7.05 Å². The van der Waals surface area contributed by atoms with Crippen LogP contribution in [0.4, 0.5) is 4.39 Å². The van der Waals surface area contributed by atoms with Crippen LogP contribution in [0.2, 0.25) is 18.1 Å². The predicted octanol–water partition coefficient (Wildman–Crippen LogP) is 8.96. The number of benzene rings is 1. The molecule has 0 amide bonds. The van der Waals surface area contributed by atoms with Gasteiger partial charge in [0.05, 0.1) is 51.9 Å². The second-order valence-corrected chi connectivity index (χ2v) is 21.8. The van der Waals surface area contributed by atoms with Gasteiger partial charge in [-0.05, 0) is 99.4 Å². The van der Waals surface area contributed by atoms with Crippen LogP contribution in [0.3, 0.4) is 0 Å². The minimum atomic E-state index is -1.98. The fourth-order valence-electron chi connectivity index (χ4n) is 6.92. The monoisotopic (exact) mass is 893 g/mol. The third-order valence-corrected chi connectivity index (χ3v) is 16.4. The van der Waals surface area contributed by atoms with Gasteiger partial charge in [-0.25, -0.2) is 13.8 Å². The van der Waals surface area contributed by atoms with Gasteiger partial charge < -0.3 is 23.4 Å². The number of methoxy groups -OCH3 is 1. The molecular formula is C40H61FIN7O5Si. The van der Waals surface area contributed by atoms with E-state index >= 15 is 4.39 Å². The van der Waals surface area contributed by atoms with Crippen LogP contribution in [0.25, 0.3) is 28.1 Å². The summed E-state index contributed by atoms with van der Waals surface area (Å²) in [5, 5.41) is 15.3. The number of likely N-dealkylation sites (N-methyl/N-ethyl adjacent to an activating group) is 1. The third-order valence-electron chi connectivity index (χ3n) is 10.7. The molecule has 5 rings (SSSR count). The molecule has 0 N–H and O–H groups in total. The lowest BCUT2D eigenvalue weighted by molar-refractivity contribution is -0.0367. The number of aryl methyl sites for hydroxylation is 1. The molecule has 3 aromatic heterocycles. The van der Waals surface area contributed by atoms with Gasteiger partial charge in [0.15, 0.2) is 14.5 Å². The molecule has 1 aromatic carbocycles. The first-order valence-corrected chi connectivity index (χ1v) is 23.5. The van der Waals surface area contributed by atoms with Gasteiger partial charge in [-0.2, -0.15) is 10.2 Å². The summed E-state index contributed by atoms with van der Waals surface area (Å²) in [5.74, 6) is 0.697. The molecule has 0 radical (unpaired) electrons. The lowest BCUT2D eigenvalue weighted by Gasteiger charge is -2.38. The average molecular weight is 894 g/mol. The van der Waals surface area contributed by atoms with Crippen LogP contribution in [-0.4, -0.2) is 88.2 Å². The van der Waals surface area contributed by atoms with Crippen molar-refractivity contribution in [1.82, 2.24) is 34.2 Å². The summed E-state index contributed by atoms with van der Waals surface area (Å²) < 4.78 is 53.9. The van der Waals surface area contributed by atoms with E-state index in [0.717, 1.165) is 40.5 Å². The number of ether oxygens (including phenoxy) is 4. The van der Waals surface area contributed by atoms with Crippen LogP contribution < -0.4 is 9.47 Å². The topological polar surface area (TPSA) is 103 Å². The molecule has 1 unspecified atom stereocenters. The van der Waals surface area contributed by atoms with Crippen molar-refractivity contribution < 1.29 is 27.8 Å². The Balaban J connectivity index is 1.42. The van der Waals surface area contributed by atoms with E-state index in [9.17, 15) is 0 Å². The molecule has 1 saturated heterocycles. The van der Waals surface area contributed by atoms with E-state index in [0.29, 0.717) is 72.6 Å². The van der Waals surface area contributed by atoms with Gasteiger partial charge >= 0.3 is 0 Å². The second kappa shape index (κ2) is 18.2. The molecular weight excluding hydrogens is 832 g/mol. The van der Waals surface area contributed by atoms with Gasteiger partial charge in [0.25, 0.3) is 0 Å². The zero-order chi connectivity index (χ0) is 40.2.